The van der Waals surface area contributed by atoms with Crippen LogP contribution in [0.2, 0.25) is 18.1 Å². The lowest BCUT2D eigenvalue weighted by Crippen LogP contribution is -2.42. The van der Waals surface area contributed by atoms with Crippen LogP contribution >= 0.6 is 0 Å². The molecular formula is C21H38O4Si. The molecule has 5 heteroatoms. The highest BCUT2D eigenvalue weighted by Gasteiger charge is 2.37. The maximum absolute atomic E-state index is 9.91. The average Bonchev–Trinajstić information content (AvgIpc) is 2.58. The van der Waals surface area contributed by atoms with E-state index in [-0.39, 0.29) is 23.5 Å². The van der Waals surface area contributed by atoms with E-state index in [0.717, 1.165) is 5.56 Å². The Morgan fingerprint density at radius 3 is 2.23 bits per heavy atom. The van der Waals surface area contributed by atoms with Crippen molar-refractivity contribution >= 4 is 8.32 Å². The zero-order valence-electron chi connectivity index (χ0n) is 17.4. The minimum Gasteiger partial charge on any atom is -0.417 e. The summed E-state index contributed by atoms with van der Waals surface area (Å²) in [7, 11) is -1.80. The van der Waals surface area contributed by atoms with Gasteiger partial charge in [0.25, 0.3) is 0 Å². The highest BCUT2D eigenvalue weighted by atomic mass is 28.4. The molecule has 1 rings (SSSR count). The first-order valence-electron chi connectivity index (χ1n) is 9.61. The fraction of sp³-hybridized carbons (Fsp3) is 0.714. The van der Waals surface area contributed by atoms with Gasteiger partial charge in [0, 0.05) is 6.61 Å². The first kappa shape index (κ1) is 23.3. The fourth-order valence-corrected chi connectivity index (χ4v) is 3.60. The van der Waals surface area contributed by atoms with Gasteiger partial charge in [0.1, 0.15) is 0 Å². The minimum atomic E-state index is -1.80. The van der Waals surface area contributed by atoms with Gasteiger partial charge in [0.15, 0.2) is 8.32 Å². The van der Waals surface area contributed by atoms with Crippen molar-refractivity contribution in [1.29, 1.82) is 0 Å². The maximum atomic E-state index is 9.91. The predicted octanol–water partition coefficient (Wildman–Crippen LogP) is 4.22. The van der Waals surface area contributed by atoms with Gasteiger partial charge in [0.05, 0.1) is 25.9 Å². The molecule has 26 heavy (non-hydrogen) atoms. The SMILES string of the molecule is C[C@@H](CO[Si](C)(C)C(C)(C)C)[C@@H](COCc1ccccc1)CC(O)CO. The standard InChI is InChI=1S/C21H38O4Si/c1-17(14-25-26(5,6)21(2,3)4)19(12-20(23)13-22)16-24-15-18-10-8-7-9-11-18/h7-11,17,19-20,22-23H,12-16H2,1-6H3/t17-,19+,20?/m0/s1. The molecule has 4 nitrogen and oxygen atoms in total. The summed E-state index contributed by atoms with van der Waals surface area (Å²) in [5, 5.41) is 19.3. The lowest BCUT2D eigenvalue weighted by Gasteiger charge is -2.38. The Labute approximate surface area is 160 Å². The highest BCUT2D eigenvalue weighted by Crippen LogP contribution is 2.37. The molecule has 0 heterocycles. The summed E-state index contributed by atoms with van der Waals surface area (Å²) in [6, 6.07) is 10.1. The van der Waals surface area contributed by atoms with E-state index in [0.29, 0.717) is 26.2 Å². The summed E-state index contributed by atoms with van der Waals surface area (Å²) in [5.74, 6) is 0.395. The van der Waals surface area contributed by atoms with Crippen molar-refractivity contribution < 1.29 is 19.4 Å². The number of hydrogen-bond donors (Lipinski definition) is 2. The zero-order chi connectivity index (χ0) is 19.8. The van der Waals surface area contributed by atoms with Gasteiger partial charge in [-0.25, -0.2) is 0 Å². The summed E-state index contributed by atoms with van der Waals surface area (Å²) in [4.78, 5) is 0. The average molecular weight is 383 g/mol. The molecule has 0 radical (unpaired) electrons. The van der Waals surface area contributed by atoms with Crippen LogP contribution in [0, 0.1) is 11.8 Å². The molecule has 0 aliphatic rings. The van der Waals surface area contributed by atoms with E-state index in [9.17, 15) is 10.2 Å². The number of aliphatic hydroxyl groups is 2. The van der Waals surface area contributed by atoms with Gasteiger partial charge in [-0.15, -0.1) is 0 Å². The summed E-state index contributed by atoms with van der Waals surface area (Å²) in [6.07, 6.45) is -0.191. The monoisotopic (exact) mass is 382 g/mol. The first-order valence-corrected chi connectivity index (χ1v) is 12.5. The van der Waals surface area contributed by atoms with Crippen LogP contribution in [0.1, 0.15) is 39.7 Å². The molecule has 0 saturated carbocycles. The quantitative estimate of drug-likeness (QED) is 0.563. The fourth-order valence-electron chi connectivity index (χ4n) is 2.48. The van der Waals surface area contributed by atoms with Gasteiger partial charge in [-0.05, 0) is 42.0 Å². The molecule has 0 saturated heterocycles. The van der Waals surface area contributed by atoms with E-state index >= 15 is 0 Å². The molecular weight excluding hydrogens is 344 g/mol. The second-order valence-electron chi connectivity index (χ2n) is 8.88. The third-order valence-electron chi connectivity index (χ3n) is 5.55. The Balaban J connectivity index is 2.60. The second kappa shape index (κ2) is 10.6. The number of hydrogen-bond acceptors (Lipinski definition) is 4. The largest absolute Gasteiger partial charge is 0.417 e. The lowest BCUT2D eigenvalue weighted by molar-refractivity contribution is 0.0128. The van der Waals surface area contributed by atoms with E-state index in [2.05, 4.69) is 40.8 Å². The summed E-state index contributed by atoms with van der Waals surface area (Å²) in [6.45, 7) is 14.9. The van der Waals surface area contributed by atoms with Crippen molar-refractivity contribution in [1.82, 2.24) is 0 Å². The molecule has 0 aliphatic carbocycles. The van der Waals surface area contributed by atoms with Crippen LogP contribution in [0.4, 0.5) is 0 Å². The van der Waals surface area contributed by atoms with E-state index in [1.807, 2.05) is 30.3 Å². The maximum Gasteiger partial charge on any atom is 0.191 e. The molecule has 150 valence electrons. The van der Waals surface area contributed by atoms with Crippen LogP contribution < -0.4 is 0 Å². The number of benzene rings is 1. The van der Waals surface area contributed by atoms with Crippen LogP contribution in [-0.2, 0) is 15.8 Å². The van der Waals surface area contributed by atoms with Gasteiger partial charge in [-0.1, -0.05) is 58.0 Å². The molecule has 1 aromatic carbocycles. The molecule has 0 aromatic heterocycles. The smallest absolute Gasteiger partial charge is 0.191 e. The van der Waals surface area contributed by atoms with Gasteiger partial charge in [-0.2, -0.15) is 0 Å². The van der Waals surface area contributed by atoms with Gasteiger partial charge in [-0.3, -0.25) is 0 Å². The third-order valence-corrected chi connectivity index (χ3v) is 10.0. The lowest BCUT2D eigenvalue weighted by atomic mass is 9.90. The van der Waals surface area contributed by atoms with Gasteiger partial charge < -0.3 is 19.4 Å². The van der Waals surface area contributed by atoms with Crippen LogP contribution in [0.3, 0.4) is 0 Å². The number of ether oxygens (including phenoxy) is 1. The topological polar surface area (TPSA) is 58.9 Å². The minimum absolute atomic E-state index is 0.144. The highest BCUT2D eigenvalue weighted by molar-refractivity contribution is 6.74. The van der Waals surface area contributed by atoms with Crippen molar-refractivity contribution in [2.75, 3.05) is 19.8 Å². The summed E-state index contributed by atoms with van der Waals surface area (Å²) >= 11 is 0. The molecule has 0 aliphatic heterocycles. The van der Waals surface area contributed by atoms with Crippen molar-refractivity contribution in [3.8, 4) is 0 Å². The molecule has 0 amide bonds. The van der Waals surface area contributed by atoms with E-state index in [1.54, 1.807) is 0 Å². The van der Waals surface area contributed by atoms with E-state index in [1.165, 1.54) is 0 Å². The van der Waals surface area contributed by atoms with Crippen molar-refractivity contribution in [2.45, 2.75) is 65.0 Å². The van der Waals surface area contributed by atoms with Crippen molar-refractivity contribution in [3.05, 3.63) is 35.9 Å². The predicted molar refractivity (Wildman–Crippen MR) is 110 cm³/mol. The summed E-state index contributed by atoms with van der Waals surface area (Å²) in [5.41, 5.74) is 1.14. The van der Waals surface area contributed by atoms with Gasteiger partial charge in [0.2, 0.25) is 0 Å². The normalized spacial score (nSPS) is 16.3. The first-order chi connectivity index (χ1) is 12.1. The third kappa shape index (κ3) is 7.88. The Morgan fingerprint density at radius 1 is 1.08 bits per heavy atom. The molecule has 1 unspecified atom stereocenters. The molecule has 3 atom stereocenters. The van der Waals surface area contributed by atoms with Crippen molar-refractivity contribution in [2.24, 2.45) is 11.8 Å². The van der Waals surface area contributed by atoms with Crippen LogP contribution in [0.15, 0.2) is 30.3 Å². The van der Waals surface area contributed by atoms with E-state index < -0.39 is 14.4 Å². The van der Waals surface area contributed by atoms with Crippen LogP contribution in [0.5, 0.6) is 0 Å². The van der Waals surface area contributed by atoms with Crippen LogP contribution in [0.25, 0.3) is 0 Å². The Bertz CT molecular complexity index is 498. The molecule has 0 spiro atoms. The molecule has 0 bridgehead atoms. The zero-order valence-corrected chi connectivity index (χ0v) is 18.4. The number of aliphatic hydroxyl groups excluding tert-OH is 2. The molecule has 0 fully saturated rings. The Hall–Kier alpha value is -0.723. The van der Waals surface area contributed by atoms with Crippen LogP contribution in [-0.4, -0.2) is 44.5 Å². The second-order valence-corrected chi connectivity index (χ2v) is 13.7. The Kier molecular flexibility index (Phi) is 9.48. The molecule has 1 aromatic rings. The summed E-state index contributed by atoms with van der Waals surface area (Å²) < 4.78 is 12.3. The number of rotatable bonds is 11. The Morgan fingerprint density at radius 2 is 1.69 bits per heavy atom. The van der Waals surface area contributed by atoms with Gasteiger partial charge >= 0.3 is 0 Å². The van der Waals surface area contributed by atoms with Crippen molar-refractivity contribution in [3.63, 3.8) is 0 Å². The van der Waals surface area contributed by atoms with E-state index in [4.69, 9.17) is 9.16 Å². The molecule has 2 N–H and O–H groups in total.